The minimum Gasteiger partial charge on any atom is -0.390 e. The number of hydrogen-bond acceptors (Lipinski definition) is 1. The lowest BCUT2D eigenvalue weighted by Crippen LogP contribution is -2.26. The van der Waals surface area contributed by atoms with E-state index in [-0.39, 0.29) is 5.60 Å². The molecule has 0 heterocycles. The van der Waals surface area contributed by atoms with Crippen molar-refractivity contribution in [2.24, 2.45) is 11.8 Å². The van der Waals surface area contributed by atoms with Gasteiger partial charge in [0.15, 0.2) is 0 Å². The predicted octanol–water partition coefficient (Wildman–Crippen LogP) is 2.34. The van der Waals surface area contributed by atoms with E-state index in [2.05, 4.69) is 0 Å². The fourth-order valence-corrected chi connectivity index (χ4v) is 1.81. The third kappa shape index (κ3) is 1.96. The number of aliphatic hydroxyl groups is 1. The first-order valence-corrected chi connectivity index (χ1v) is 4.91. The summed E-state index contributed by atoms with van der Waals surface area (Å²) in [7, 11) is 0. The van der Waals surface area contributed by atoms with Crippen LogP contribution in [0, 0.1) is 11.8 Å². The Balaban J connectivity index is 1.72. The molecule has 2 rings (SSSR count). The van der Waals surface area contributed by atoms with Crippen LogP contribution in [0.1, 0.15) is 45.4 Å². The van der Waals surface area contributed by atoms with Crippen LogP contribution >= 0.6 is 0 Å². The lowest BCUT2D eigenvalue weighted by Gasteiger charge is -2.22. The summed E-state index contributed by atoms with van der Waals surface area (Å²) in [6.07, 6.45) is 7.67. The van der Waals surface area contributed by atoms with Crippen molar-refractivity contribution in [2.75, 3.05) is 0 Å². The highest BCUT2D eigenvalue weighted by atomic mass is 16.3. The zero-order chi connectivity index (χ0) is 7.90. The van der Waals surface area contributed by atoms with Crippen molar-refractivity contribution in [1.29, 1.82) is 0 Å². The molecule has 2 fully saturated rings. The third-order valence-corrected chi connectivity index (χ3v) is 3.21. The van der Waals surface area contributed by atoms with E-state index in [4.69, 9.17) is 0 Å². The molecule has 0 spiro atoms. The fourth-order valence-electron chi connectivity index (χ4n) is 1.81. The van der Waals surface area contributed by atoms with E-state index < -0.39 is 0 Å². The minimum absolute atomic E-state index is 0.317. The highest BCUT2D eigenvalue weighted by Crippen LogP contribution is 2.44. The van der Waals surface area contributed by atoms with Gasteiger partial charge in [-0.3, -0.25) is 0 Å². The van der Waals surface area contributed by atoms with E-state index in [9.17, 15) is 5.11 Å². The van der Waals surface area contributed by atoms with Crippen LogP contribution in [-0.2, 0) is 0 Å². The standard InChI is InChI=1S/C10H18O/c1-10(11,9-4-5-9)7-6-8-2-3-8/h8-9,11H,2-7H2,1H3. The molecule has 2 aliphatic carbocycles. The van der Waals surface area contributed by atoms with E-state index >= 15 is 0 Å². The van der Waals surface area contributed by atoms with Crippen LogP contribution in [0.5, 0.6) is 0 Å². The van der Waals surface area contributed by atoms with Gasteiger partial charge in [0.2, 0.25) is 0 Å². The fraction of sp³-hybridized carbons (Fsp3) is 1.00. The molecule has 11 heavy (non-hydrogen) atoms. The van der Waals surface area contributed by atoms with Crippen molar-refractivity contribution >= 4 is 0 Å². The lowest BCUT2D eigenvalue weighted by molar-refractivity contribution is 0.0247. The molecular weight excluding hydrogens is 136 g/mol. The van der Waals surface area contributed by atoms with Crippen molar-refractivity contribution < 1.29 is 5.11 Å². The molecule has 2 saturated carbocycles. The van der Waals surface area contributed by atoms with Crippen LogP contribution in [0.25, 0.3) is 0 Å². The largest absolute Gasteiger partial charge is 0.390 e. The Kier molecular flexibility index (Phi) is 1.71. The second-order valence-corrected chi connectivity index (χ2v) is 4.61. The van der Waals surface area contributed by atoms with Gasteiger partial charge in [0.1, 0.15) is 0 Å². The quantitative estimate of drug-likeness (QED) is 0.659. The Morgan fingerprint density at radius 2 is 1.91 bits per heavy atom. The normalized spacial score (nSPS) is 30.0. The highest BCUT2D eigenvalue weighted by Gasteiger charge is 2.40. The molecule has 1 nitrogen and oxygen atoms in total. The molecule has 0 aromatic carbocycles. The van der Waals surface area contributed by atoms with Crippen LogP contribution in [0.4, 0.5) is 0 Å². The van der Waals surface area contributed by atoms with Crippen molar-refractivity contribution in [1.82, 2.24) is 0 Å². The molecule has 1 atom stereocenters. The highest BCUT2D eigenvalue weighted by molar-refractivity contribution is 4.92. The molecule has 2 aliphatic rings. The Hall–Kier alpha value is -0.0400. The SMILES string of the molecule is CC(O)(CCC1CC1)C1CC1. The third-order valence-electron chi connectivity index (χ3n) is 3.21. The molecule has 0 saturated heterocycles. The Bertz CT molecular complexity index is 143. The van der Waals surface area contributed by atoms with Crippen molar-refractivity contribution in [3.8, 4) is 0 Å². The minimum atomic E-state index is -0.317. The summed E-state index contributed by atoms with van der Waals surface area (Å²) in [6.45, 7) is 2.02. The van der Waals surface area contributed by atoms with Crippen molar-refractivity contribution in [3.05, 3.63) is 0 Å². The summed E-state index contributed by atoms with van der Waals surface area (Å²) in [4.78, 5) is 0. The van der Waals surface area contributed by atoms with E-state index in [1.54, 1.807) is 0 Å². The first-order valence-electron chi connectivity index (χ1n) is 4.91. The summed E-state index contributed by atoms with van der Waals surface area (Å²) >= 11 is 0. The topological polar surface area (TPSA) is 20.2 Å². The Morgan fingerprint density at radius 3 is 2.36 bits per heavy atom. The average Bonchev–Trinajstić information content (AvgIpc) is 2.79. The Labute approximate surface area is 68.8 Å². The lowest BCUT2D eigenvalue weighted by atomic mass is 9.93. The van der Waals surface area contributed by atoms with Gasteiger partial charge in [-0.1, -0.05) is 12.8 Å². The van der Waals surface area contributed by atoms with Gasteiger partial charge in [0.25, 0.3) is 0 Å². The summed E-state index contributed by atoms with van der Waals surface area (Å²) in [6, 6.07) is 0. The van der Waals surface area contributed by atoms with E-state index in [1.807, 2.05) is 6.92 Å². The summed E-state index contributed by atoms with van der Waals surface area (Å²) in [5, 5.41) is 9.93. The monoisotopic (exact) mass is 154 g/mol. The number of rotatable bonds is 4. The molecule has 0 bridgehead atoms. The van der Waals surface area contributed by atoms with Crippen LogP contribution in [-0.4, -0.2) is 10.7 Å². The zero-order valence-electron chi connectivity index (χ0n) is 7.34. The molecule has 64 valence electrons. The molecule has 0 aliphatic heterocycles. The van der Waals surface area contributed by atoms with Gasteiger partial charge in [-0.05, 0) is 44.4 Å². The maximum atomic E-state index is 9.93. The molecule has 0 radical (unpaired) electrons. The molecule has 0 aromatic heterocycles. The van der Waals surface area contributed by atoms with Gasteiger partial charge in [0.05, 0.1) is 5.60 Å². The van der Waals surface area contributed by atoms with E-state index in [1.165, 1.54) is 32.1 Å². The number of hydrogen-bond donors (Lipinski definition) is 1. The maximum Gasteiger partial charge on any atom is 0.0647 e. The van der Waals surface area contributed by atoms with Crippen LogP contribution in [0.15, 0.2) is 0 Å². The van der Waals surface area contributed by atoms with Crippen molar-refractivity contribution in [2.45, 2.75) is 51.0 Å². The summed E-state index contributed by atoms with van der Waals surface area (Å²) in [5.74, 6) is 1.61. The van der Waals surface area contributed by atoms with Crippen molar-refractivity contribution in [3.63, 3.8) is 0 Å². The average molecular weight is 154 g/mol. The van der Waals surface area contributed by atoms with Gasteiger partial charge < -0.3 is 5.11 Å². The summed E-state index contributed by atoms with van der Waals surface area (Å²) < 4.78 is 0. The maximum absolute atomic E-state index is 9.93. The van der Waals surface area contributed by atoms with Gasteiger partial charge in [0, 0.05) is 0 Å². The van der Waals surface area contributed by atoms with Crippen LogP contribution in [0.3, 0.4) is 0 Å². The Morgan fingerprint density at radius 1 is 1.27 bits per heavy atom. The first kappa shape index (κ1) is 7.60. The van der Waals surface area contributed by atoms with Gasteiger partial charge >= 0.3 is 0 Å². The molecular formula is C10H18O. The summed E-state index contributed by atoms with van der Waals surface area (Å²) in [5.41, 5.74) is -0.317. The van der Waals surface area contributed by atoms with Gasteiger partial charge in [-0.2, -0.15) is 0 Å². The van der Waals surface area contributed by atoms with Gasteiger partial charge in [-0.15, -0.1) is 0 Å². The second-order valence-electron chi connectivity index (χ2n) is 4.61. The zero-order valence-corrected chi connectivity index (χ0v) is 7.34. The predicted molar refractivity (Wildman–Crippen MR) is 45.3 cm³/mol. The molecule has 0 aromatic rings. The first-order chi connectivity index (χ1) is 5.18. The molecule has 1 heteroatoms. The van der Waals surface area contributed by atoms with Crippen LogP contribution in [0.2, 0.25) is 0 Å². The van der Waals surface area contributed by atoms with Crippen LogP contribution < -0.4 is 0 Å². The smallest absolute Gasteiger partial charge is 0.0647 e. The van der Waals surface area contributed by atoms with E-state index in [0.717, 1.165) is 12.3 Å². The molecule has 1 N–H and O–H groups in total. The van der Waals surface area contributed by atoms with E-state index in [0.29, 0.717) is 5.92 Å². The molecule has 1 unspecified atom stereocenters. The van der Waals surface area contributed by atoms with Gasteiger partial charge in [-0.25, -0.2) is 0 Å². The second kappa shape index (κ2) is 2.48. The molecule has 0 amide bonds.